The van der Waals surface area contributed by atoms with Crippen LogP contribution < -0.4 is 0 Å². The molecule has 11 heavy (non-hydrogen) atoms. The molecule has 1 heteroatoms. The van der Waals surface area contributed by atoms with Crippen molar-refractivity contribution in [1.82, 2.24) is 4.90 Å². The Morgan fingerprint density at radius 2 is 2.36 bits per heavy atom. The van der Waals surface area contributed by atoms with Crippen LogP contribution in [0.1, 0.15) is 0 Å². The topological polar surface area (TPSA) is 3.24 Å². The number of rotatable bonds is 3. The minimum atomic E-state index is 0.891. The van der Waals surface area contributed by atoms with Gasteiger partial charge in [-0.25, -0.2) is 0 Å². The molecule has 0 fully saturated rings. The molecule has 1 nitrogen and oxygen atoms in total. The number of hydrogen-bond acceptors (Lipinski definition) is 1. The summed E-state index contributed by atoms with van der Waals surface area (Å²) in [4.78, 5) is 2.21. The van der Waals surface area contributed by atoms with Crippen molar-refractivity contribution in [2.24, 2.45) is 0 Å². The maximum absolute atomic E-state index is 3.74. The van der Waals surface area contributed by atoms with Crippen LogP contribution in [-0.4, -0.2) is 18.0 Å². The highest BCUT2D eigenvalue weighted by molar-refractivity contribution is 5.25. The van der Waals surface area contributed by atoms with Gasteiger partial charge in [-0.1, -0.05) is 24.8 Å². The molecular formula is C10H13N. The smallest absolute Gasteiger partial charge is 0.0366 e. The van der Waals surface area contributed by atoms with E-state index in [1.54, 1.807) is 0 Å². The average Bonchev–Trinajstić information content (AvgIpc) is 2.06. The molecule has 0 aromatic heterocycles. The SMILES string of the molecule is C=CCN1CC=CC=C1C=C. The van der Waals surface area contributed by atoms with Gasteiger partial charge in [-0.3, -0.25) is 0 Å². The van der Waals surface area contributed by atoms with E-state index < -0.39 is 0 Å². The fourth-order valence-corrected chi connectivity index (χ4v) is 1.10. The number of hydrogen-bond donors (Lipinski definition) is 0. The highest BCUT2D eigenvalue weighted by Crippen LogP contribution is 2.09. The van der Waals surface area contributed by atoms with E-state index in [1.807, 2.05) is 12.2 Å². The summed E-state index contributed by atoms with van der Waals surface area (Å²) in [6.45, 7) is 9.29. The third-order valence-corrected chi connectivity index (χ3v) is 1.65. The second-order valence-electron chi connectivity index (χ2n) is 2.42. The Kier molecular flexibility index (Phi) is 2.73. The maximum Gasteiger partial charge on any atom is 0.0366 e. The molecule has 58 valence electrons. The Bertz CT molecular complexity index is 209. The summed E-state index contributed by atoms with van der Waals surface area (Å²) in [5.41, 5.74) is 1.17. The van der Waals surface area contributed by atoms with Crippen molar-refractivity contribution < 1.29 is 0 Å². The highest BCUT2D eigenvalue weighted by Gasteiger charge is 2.03. The van der Waals surface area contributed by atoms with Crippen molar-refractivity contribution in [1.29, 1.82) is 0 Å². The lowest BCUT2D eigenvalue weighted by Gasteiger charge is -2.24. The molecule has 0 bridgehead atoms. The average molecular weight is 147 g/mol. The Morgan fingerprint density at radius 3 is 3.00 bits per heavy atom. The molecule has 0 spiro atoms. The van der Waals surface area contributed by atoms with Crippen LogP contribution >= 0.6 is 0 Å². The summed E-state index contributed by atoms with van der Waals surface area (Å²) in [6.07, 6.45) is 10.00. The van der Waals surface area contributed by atoms with Crippen molar-refractivity contribution in [3.8, 4) is 0 Å². The highest BCUT2D eigenvalue weighted by atomic mass is 15.1. The summed E-state index contributed by atoms with van der Waals surface area (Å²) in [7, 11) is 0. The van der Waals surface area contributed by atoms with Gasteiger partial charge in [0.1, 0.15) is 0 Å². The molecule has 0 unspecified atom stereocenters. The van der Waals surface area contributed by atoms with Crippen molar-refractivity contribution in [2.75, 3.05) is 13.1 Å². The summed E-state index contributed by atoms with van der Waals surface area (Å²) in [6, 6.07) is 0. The minimum absolute atomic E-state index is 0.891. The molecule has 0 saturated carbocycles. The summed E-state index contributed by atoms with van der Waals surface area (Å²) in [5, 5.41) is 0. The Balaban J connectivity index is 2.66. The first-order valence-electron chi connectivity index (χ1n) is 3.73. The minimum Gasteiger partial charge on any atom is -0.364 e. The van der Waals surface area contributed by atoms with Crippen molar-refractivity contribution in [3.63, 3.8) is 0 Å². The lowest BCUT2D eigenvalue weighted by Crippen LogP contribution is -2.23. The molecule has 1 rings (SSSR count). The van der Waals surface area contributed by atoms with Crippen LogP contribution in [0.2, 0.25) is 0 Å². The van der Waals surface area contributed by atoms with E-state index in [0.29, 0.717) is 0 Å². The van der Waals surface area contributed by atoms with E-state index in [4.69, 9.17) is 0 Å². The van der Waals surface area contributed by atoms with Gasteiger partial charge in [0.15, 0.2) is 0 Å². The fraction of sp³-hybridized carbons (Fsp3) is 0.200. The molecule has 0 amide bonds. The van der Waals surface area contributed by atoms with Crippen LogP contribution in [0, 0.1) is 0 Å². The molecule has 0 saturated heterocycles. The van der Waals surface area contributed by atoms with Crippen LogP contribution in [0.25, 0.3) is 0 Å². The van der Waals surface area contributed by atoms with E-state index in [0.717, 1.165) is 13.1 Å². The van der Waals surface area contributed by atoms with Gasteiger partial charge >= 0.3 is 0 Å². The van der Waals surface area contributed by atoms with Crippen molar-refractivity contribution in [2.45, 2.75) is 0 Å². The van der Waals surface area contributed by atoms with Gasteiger partial charge < -0.3 is 4.90 Å². The lowest BCUT2D eigenvalue weighted by atomic mass is 10.2. The van der Waals surface area contributed by atoms with E-state index in [1.165, 1.54) is 5.70 Å². The van der Waals surface area contributed by atoms with Gasteiger partial charge in [0.2, 0.25) is 0 Å². The molecule has 1 aliphatic rings. The first-order valence-corrected chi connectivity index (χ1v) is 3.73. The van der Waals surface area contributed by atoms with E-state index in [2.05, 4.69) is 36.3 Å². The largest absolute Gasteiger partial charge is 0.364 e. The van der Waals surface area contributed by atoms with Crippen LogP contribution in [0.4, 0.5) is 0 Å². The Hall–Kier alpha value is -1.24. The van der Waals surface area contributed by atoms with Crippen LogP contribution in [0.15, 0.2) is 49.2 Å². The summed E-state index contributed by atoms with van der Waals surface area (Å²) < 4.78 is 0. The zero-order valence-electron chi connectivity index (χ0n) is 6.66. The molecule has 0 radical (unpaired) electrons. The maximum atomic E-state index is 3.74. The van der Waals surface area contributed by atoms with E-state index in [-0.39, 0.29) is 0 Å². The summed E-state index contributed by atoms with van der Waals surface area (Å²) in [5.74, 6) is 0. The Morgan fingerprint density at radius 1 is 1.55 bits per heavy atom. The normalized spacial score (nSPS) is 16.0. The van der Waals surface area contributed by atoms with Gasteiger partial charge in [-0.05, 0) is 12.2 Å². The molecule has 0 N–H and O–H groups in total. The predicted molar refractivity (Wildman–Crippen MR) is 49.2 cm³/mol. The predicted octanol–water partition coefficient (Wildman–Crippen LogP) is 2.11. The van der Waals surface area contributed by atoms with Crippen molar-refractivity contribution >= 4 is 0 Å². The first kappa shape index (κ1) is 7.86. The standard InChI is InChI=1S/C10H13N/c1-3-8-11-9-6-5-7-10(11)4-2/h3-7H,1-2,8-9H2. The molecule has 0 aromatic rings. The molecule has 0 aromatic carbocycles. The zero-order chi connectivity index (χ0) is 8.10. The number of allylic oxidation sites excluding steroid dienone is 3. The van der Waals surface area contributed by atoms with E-state index >= 15 is 0 Å². The van der Waals surface area contributed by atoms with Crippen LogP contribution in [-0.2, 0) is 0 Å². The first-order chi connectivity index (χ1) is 5.38. The van der Waals surface area contributed by atoms with Gasteiger partial charge in [0.25, 0.3) is 0 Å². The summed E-state index contributed by atoms with van der Waals surface area (Å²) >= 11 is 0. The van der Waals surface area contributed by atoms with Crippen LogP contribution in [0.3, 0.4) is 0 Å². The van der Waals surface area contributed by atoms with Gasteiger partial charge in [0, 0.05) is 18.8 Å². The molecule has 1 aliphatic heterocycles. The fourth-order valence-electron chi connectivity index (χ4n) is 1.10. The second kappa shape index (κ2) is 3.81. The third-order valence-electron chi connectivity index (χ3n) is 1.65. The lowest BCUT2D eigenvalue weighted by molar-refractivity contribution is 0.431. The molecule has 0 aliphatic carbocycles. The molecule has 0 atom stereocenters. The number of nitrogens with zero attached hydrogens (tertiary/aromatic N) is 1. The van der Waals surface area contributed by atoms with Crippen molar-refractivity contribution in [3.05, 3.63) is 49.2 Å². The van der Waals surface area contributed by atoms with Gasteiger partial charge in [-0.2, -0.15) is 0 Å². The van der Waals surface area contributed by atoms with Gasteiger partial charge in [0.05, 0.1) is 0 Å². The molecular weight excluding hydrogens is 134 g/mol. The zero-order valence-corrected chi connectivity index (χ0v) is 6.66. The van der Waals surface area contributed by atoms with E-state index in [9.17, 15) is 0 Å². The Labute approximate surface area is 68.0 Å². The monoisotopic (exact) mass is 147 g/mol. The molecule has 1 heterocycles. The third kappa shape index (κ3) is 1.84. The van der Waals surface area contributed by atoms with Gasteiger partial charge in [-0.15, -0.1) is 6.58 Å². The second-order valence-corrected chi connectivity index (χ2v) is 2.42. The van der Waals surface area contributed by atoms with Crippen LogP contribution in [0.5, 0.6) is 0 Å². The quantitative estimate of drug-likeness (QED) is 0.553.